The van der Waals surface area contributed by atoms with Crippen molar-refractivity contribution >= 4 is 17.8 Å². The average molecular weight is 532 g/mol. The second kappa shape index (κ2) is 10.6. The summed E-state index contributed by atoms with van der Waals surface area (Å²) < 4.78 is 23.1. The van der Waals surface area contributed by atoms with E-state index in [9.17, 15) is 14.4 Å². The van der Waals surface area contributed by atoms with Gasteiger partial charge >= 0.3 is 11.9 Å². The summed E-state index contributed by atoms with van der Waals surface area (Å²) in [6.07, 6.45) is 1.66. The molecule has 1 aliphatic carbocycles. The number of carbonyl (C=O) groups excluding carboxylic acids is 3. The molecule has 0 radical (unpaired) electrons. The predicted octanol–water partition coefficient (Wildman–Crippen LogP) is 3.55. The normalized spacial score (nSPS) is 38.3. The lowest BCUT2D eigenvalue weighted by Gasteiger charge is -2.59. The number of nitrogens with one attached hydrogen (secondary N) is 1. The maximum Gasteiger partial charge on any atom is 0.333 e. The summed E-state index contributed by atoms with van der Waals surface area (Å²) in [4.78, 5) is 49.6. The van der Waals surface area contributed by atoms with E-state index in [4.69, 9.17) is 28.7 Å². The molecule has 1 amide bonds. The van der Waals surface area contributed by atoms with Crippen molar-refractivity contribution in [3.8, 4) is 0 Å². The Morgan fingerprint density at radius 3 is 2.55 bits per heavy atom. The highest BCUT2D eigenvalue weighted by Crippen LogP contribution is 2.60. The van der Waals surface area contributed by atoms with Gasteiger partial charge in [-0.1, -0.05) is 44.2 Å². The van der Waals surface area contributed by atoms with Crippen LogP contribution in [0.1, 0.15) is 70.9 Å². The van der Waals surface area contributed by atoms with Crippen molar-refractivity contribution in [3.63, 3.8) is 0 Å². The summed E-state index contributed by atoms with van der Waals surface area (Å²) in [6.45, 7) is 6.08. The summed E-state index contributed by atoms with van der Waals surface area (Å²) in [7, 11) is 1.26. The average Bonchev–Trinajstić information content (AvgIpc) is 3.14. The van der Waals surface area contributed by atoms with E-state index >= 15 is 0 Å². The SMILES string of the molecule is COC(=O)C(NC(=O)CCC(=O)O[C@@H]1O[C@@H]2O[C@]3(C)CC[C@H]4[C@H](C)CC[C@@H]([C@H]1C)C24OO3)c1ccccc1. The van der Waals surface area contributed by atoms with Gasteiger partial charge in [0, 0.05) is 24.7 Å². The van der Waals surface area contributed by atoms with Crippen molar-refractivity contribution < 1.29 is 43.1 Å². The Morgan fingerprint density at radius 2 is 1.82 bits per heavy atom. The second-order valence-electron chi connectivity index (χ2n) is 11.2. The molecule has 5 fully saturated rings. The quantitative estimate of drug-likeness (QED) is 0.416. The molecule has 1 saturated carbocycles. The molecule has 2 unspecified atom stereocenters. The number of esters is 2. The van der Waals surface area contributed by atoms with E-state index in [0.717, 1.165) is 19.3 Å². The van der Waals surface area contributed by atoms with Gasteiger partial charge in [-0.25, -0.2) is 14.6 Å². The largest absolute Gasteiger partial charge is 0.467 e. The zero-order chi connectivity index (χ0) is 27.1. The van der Waals surface area contributed by atoms with Crippen LogP contribution in [0.25, 0.3) is 0 Å². The maximum absolute atomic E-state index is 12.8. The Labute approximate surface area is 222 Å². The van der Waals surface area contributed by atoms with Crippen LogP contribution in [0.5, 0.6) is 0 Å². The molecule has 10 heteroatoms. The minimum Gasteiger partial charge on any atom is -0.467 e. The lowest BCUT2D eigenvalue weighted by molar-refractivity contribution is -0.576. The number of ether oxygens (including phenoxy) is 4. The topological polar surface area (TPSA) is 119 Å². The fraction of sp³-hybridized carbons (Fsp3) is 0.679. The lowest BCUT2D eigenvalue weighted by Crippen LogP contribution is -2.70. The molecule has 1 N–H and O–H groups in total. The highest BCUT2D eigenvalue weighted by atomic mass is 17.3. The molecule has 208 valence electrons. The first-order valence-corrected chi connectivity index (χ1v) is 13.5. The zero-order valence-electron chi connectivity index (χ0n) is 22.3. The molecule has 4 saturated heterocycles. The summed E-state index contributed by atoms with van der Waals surface area (Å²) in [5.74, 6) is -2.03. The third kappa shape index (κ3) is 4.83. The van der Waals surface area contributed by atoms with Crippen molar-refractivity contribution in [2.24, 2.45) is 23.7 Å². The van der Waals surface area contributed by atoms with Gasteiger partial charge in [0.05, 0.1) is 13.5 Å². The van der Waals surface area contributed by atoms with Crippen LogP contribution in [-0.4, -0.2) is 48.9 Å². The van der Waals surface area contributed by atoms with Gasteiger partial charge in [0.2, 0.25) is 18.0 Å². The van der Waals surface area contributed by atoms with E-state index in [0.29, 0.717) is 17.9 Å². The molecule has 6 rings (SSSR count). The smallest absolute Gasteiger partial charge is 0.333 e. The molecular weight excluding hydrogens is 494 g/mol. The first kappa shape index (κ1) is 27.1. The van der Waals surface area contributed by atoms with Gasteiger partial charge in [-0.15, -0.1) is 0 Å². The minimum atomic E-state index is -0.962. The van der Waals surface area contributed by atoms with Gasteiger partial charge in [-0.3, -0.25) is 9.59 Å². The lowest BCUT2D eigenvalue weighted by atomic mass is 9.58. The number of fused-ring (bicyclic) bond motifs is 2. The highest BCUT2D eigenvalue weighted by molar-refractivity contribution is 5.87. The Kier molecular flexibility index (Phi) is 7.52. The summed E-state index contributed by atoms with van der Waals surface area (Å²) >= 11 is 0. The third-order valence-corrected chi connectivity index (χ3v) is 8.78. The molecule has 1 spiro atoms. The van der Waals surface area contributed by atoms with E-state index in [1.165, 1.54) is 7.11 Å². The number of hydrogen-bond acceptors (Lipinski definition) is 9. The van der Waals surface area contributed by atoms with Gasteiger partial charge in [0.15, 0.2) is 17.9 Å². The van der Waals surface area contributed by atoms with E-state index in [2.05, 4.69) is 12.2 Å². The first-order chi connectivity index (χ1) is 18.2. The predicted molar refractivity (Wildman–Crippen MR) is 131 cm³/mol. The van der Waals surface area contributed by atoms with Crippen LogP contribution in [0, 0.1) is 23.7 Å². The van der Waals surface area contributed by atoms with E-state index in [1.807, 2.05) is 19.9 Å². The van der Waals surface area contributed by atoms with Gasteiger partial charge < -0.3 is 24.3 Å². The summed E-state index contributed by atoms with van der Waals surface area (Å²) in [6, 6.07) is 7.82. The van der Waals surface area contributed by atoms with Crippen molar-refractivity contribution in [3.05, 3.63) is 35.9 Å². The summed E-state index contributed by atoms with van der Waals surface area (Å²) in [5.41, 5.74) is -0.151. The number of carbonyl (C=O) groups is 3. The van der Waals surface area contributed by atoms with Crippen LogP contribution in [0.3, 0.4) is 0 Å². The van der Waals surface area contributed by atoms with E-state index in [1.54, 1.807) is 24.3 Å². The van der Waals surface area contributed by atoms with E-state index in [-0.39, 0.29) is 30.6 Å². The number of amides is 1. The molecule has 1 aromatic rings. The Bertz CT molecular complexity index is 1050. The monoisotopic (exact) mass is 531 g/mol. The molecule has 4 aliphatic heterocycles. The van der Waals surface area contributed by atoms with Crippen molar-refractivity contribution in [2.75, 3.05) is 7.11 Å². The fourth-order valence-corrected chi connectivity index (χ4v) is 6.69. The van der Waals surface area contributed by atoms with Crippen LogP contribution in [0.15, 0.2) is 30.3 Å². The molecule has 2 bridgehead atoms. The zero-order valence-corrected chi connectivity index (χ0v) is 22.3. The molecule has 10 nitrogen and oxygen atoms in total. The molecule has 38 heavy (non-hydrogen) atoms. The number of hydrogen-bond donors (Lipinski definition) is 1. The minimum absolute atomic E-state index is 0.0258. The number of rotatable bonds is 7. The van der Waals surface area contributed by atoms with Crippen LogP contribution < -0.4 is 5.32 Å². The highest BCUT2D eigenvalue weighted by Gasteiger charge is 2.69. The molecular formula is C28H37NO9. The second-order valence-corrected chi connectivity index (χ2v) is 11.2. The van der Waals surface area contributed by atoms with Gasteiger partial charge in [0.1, 0.15) is 0 Å². The van der Waals surface area contributed by atoms with Gasteiger partial charge in [-0.05, 0) is 43.6 Å². The Hall–Kier alpha value is -2.53. The maximum atomic E-state index is 12.8. The number of methoxy groups -OCH3 is 1. The van der Waals surface area contributed by atoms with Crippen LogP contribution in [0.2, 0.25) is 0 Å². The van der Waals surface area contributed by atoms with Gasteiger partial charge in [0.25, 0.3) is 0 Å². The molecule has 4 heterocycles. The van der Waals surface area contributed by atoms with Crippen molar-refractivity contribution in [1.82, 2.24) is 5.32 Å². The third-order valence-electron chi connectivity index (χ3n) is 8.78. The van der Waals surface area contributed by atoms with Gasteiger partial charge in [-0.2, -0.15) is 0 Å². The molecule has 0 aromatic heterocycles. The first-order valence-electron chi connectivity index (χ1n) is 13.5. The van der Waals surface area contributed by atoms with Crippen LogP contribution >= 0.6 is 0 Å². The summed E-state index contributed by atoms with van der Waals surface area (Å²) in [5, 5.41) is 2.65. The standard InChI is InChI=1S/C28H37NO9/c1-16-10-11-20-17(2)25(35-26-28(20)19(16)14-15-27(3,36-26)37-38-28)34-22(31)13-12-21(30)29-23(24(32)33-4)18-8-6-5-7-9-18/h5-9,16-17,19-20,23,25-26H,10-15H2,1-4H3,(H,29,30)/t16-,17-,19+,20+,23?,25-,26-,27+,28?/m1/s1. The molecule has 1 aromatic carbocycles. The Balaban J connectivity index is 1.21. The van der Waals surface area contributed by atoms with Crippen LogP contribution in [0.4, 0.5) is 0 Å². The van der Waals surface area contributed by atoms with Crippen molar-refractivity contribution in [1.29, 1.82) is 0 Å². The van der Waals surface area contributed by atoms with Crippen LogP contribution in [-0.2, 0) is 43.1 Å². The Morgan fingerprint density at radius 1 is 1.05 bits per heavy atom. The molecule has 5 aliphatic rings. The van der Waals surface area contributed by atoms with Crippen molar-refractivity contribution in [2.45, 2.75) is 89.3 Å². The van der Waals surface area contributed by atoms with E-state index < -0.39 is 47.9 Å². The number of benzene rings is 1. The fourth-order valence-electron chi connectivity index (χ4n) is 6.69. The molecule has 9 atom stereocenters.